The van der Waals surface area contributed by atoms with Gasteiger partial charge in [0.25, 0.3) is 0 Å². The van der Waals surface area contributed by atoms with Crippen LogP contribution in [0.2, 0.25) is 0 Å². The molecule has 0 bridgehead atoms. The number of aliphatic hydroxyl groups excluding tert-OH is 1. The maximum atomic E-state index is 9.44. The standard InChI is InChI=1S/C14H16N4O2/c1-9(2)14-16-12(17-20-14)7-18-11-6-4-3-5-10(11)15-13(18)8-19/h3-6,9,19H,7-8H2,1-2H3. The highest BCUT2D eigenvalue weighted by atomic mass is 16.5. The fourth-order valence-corrected chi connectivity index (χ4v) is 2.13. The third-order valence-corrected chi connectivity index (χ3v) is 3.15. The molecule has 104 valence electrons. The number of fused-ring (bicyclic) bond motifs is 1. The minimum atomic E-state index is -0.121. The topological polar surface area (TPSA) is 77.0 Å². The molecule has 0 spiro atoms. The molecule has 0 fully saturated rings. The molecule has 1 aromatic carbocycles. The van der Waals surface area contributed by atoms with Crippen LogP contribution in [-0.2, 0) is 13.2 Å². The molecule has 6 heteroatoms. The normalized spacial score (nSPS) is 11.6. The number of aromatic nitrogens is 4. The number of para-hydroxylation sites is 2. The second kappa shape index (κ2) is 5.05. The predicted octanol–water partition coefficient (Wildman–Crippen LogP) is 2.08. The van der Waals surface area contributed by atoms with Crippen LogP contribution >= 0.6 is 0 Å². The Balaban J connectivity index is 2.00. The molecule has 0 aliphatic rings. The zero-order valence-corrected chi connectivity index (χ0v) is 11.4. The fourth-order valence-electron chi connectivity index (χ4n) is 2.13. The Morgan fingerprint density at radius 2 is 2.05 bits per heavy atom. The molecule has 2 aromatic heterocycles. The number of hydrogen-bond acceptors (Lipinski definition) is 5. The van der Waals surface area contributed by atoms with Crippen molar-refractivity contribution in [3.8, 4) is 0 Å². The van der Waals surface area contributed by atoms with Crippen LogP contribution in [0.4, 0.5) is 0 Å². The van der Waals surface area contributed by atoms with Crippen LogP contribution in [0.25, 0.3) is 11.0 Å². The van der Waals surface area contributed by atoms with Gasteiger partial charge in [-0.25, -0.2) is 4.98 Å². The minimum absolute atomic E-state index is 0.121. The summed E-state index contributed by atoms with van der Waals surface area (Å²) >= 11 is 0. The van der Waals surface area contributed by atoms with E-state index in [1.165, 1.54) is 0 Å². The van der Waals surface area contributed by atoms with E-state index in [4.69, 9.17) is 4.52 Å². The molecule has 3 rings (SSSR count). The molecule has 2 heterocycles. The Labute approximate surface area is 116 Å². The largest absolute Gasteiger partial charge is 0.388 e. The summed E-state index contributed by atoms with van der Waals surface area (Å²) in [4.78, 5) is 8.75. The van der Waals surface area contributed by atoms with Crippen LogP contribution in [0.3, 0.4) is 0 Å². The Kier molecular flexibility index (Phi) is 3.23. The van der Waals surface area contributed by atoms with E-state index in [1.807, 2.05) is 42.7 Å². The second-order valence-corrected chi connectivity index (χ2v) is 4.96. The second-order valence-electron chi connectivity index (χ2n) is 4.96. The van der Waals surface area contributed by atoms with Crippen molar-refractivity contribution in [1.29, 1.82) is 0 Å². The number of nitrogens with zero attached hydrogens (tertiary/aromatic N) is 4. The lowest BCUT2D eigenvalue weighted by atomic mass is 10.2. The first-order valence-corrected chi connectivity index (χ1v) is 6.56. The summed E-state index contributed by atoms with van der Waals surface area (Å²) in [5.41, 5.74) is 1.80. The van der Waals surface area contributed by atoms with Gasteiger partial charge in [-0.3, -0.25) is 0 Å². The molecule has 0 saturated heterocycles. The van der Waals surface area contributed by atoms with E-state index in [0.717, 1.165) is 11.0 Å². The highest BCUT2D eigenvalue weighted by Gasteiger charge is 2.14. The van der Waals surface area contributed by atoms with Crippen molar-refractivity contribution in [2.45, 2.75) is 32.9 Å². The average molecular weight is 272 g/mol. The number of imidazole rings is 1. The highest BCUT2D eigenvalue weighted by molar-refractivity contribution is 5.75. The van der Waals surface area contributed by atoms with E-state index in [2.05, 4.69) is 15.1 Å². The van der Waals surface area contributed by atoms with Crippen molar-refractivity contribution in [2.24, 2.45) is 0 Å². The van der Waals surface area contributed by atoms with Crippen molar-refractivity contribution in [1.82, 2.24) is 19.7 Å². The van der Waals surface area contributed by atoms with Gasteiger partial charge >= 0.3 is 0 Å². The number of benzene rings is 1. The smallest absolute Gasteiger partial charge is 0.229 e. The minimum Gasteiger partial charge on any atom is -0.388 e. The first-order valence-electron chi connectivity index (χ1n) is 6.56. The van der Waals surface area contributed by atoms with Gasteiger partial charge in [0.05, 0.1) is 17.6 Å². The lowest BCUT2D eigenvalue weighted by molar-refractivity contribution is 0.266. The molecule has 0 amide bonds. The molecular formula is C14H16N4O2. The Morgan fingerprint density at radius 1 is 1.25 bits per heavy atom. The predicted molar refractivity (Wildman–Crippen MR) is 73.1 cm³/mol. The van der Waals surface area contributed by atoms with E-state index in [1.54, 1.807) is 0 Å². The first kappa shape index (κ1) is 12.8. The summed E-state index contributed by atoms with van der Waals surface area (Å²) in [7, 11) is 0. The summed E-state index contributed by atoms with van der Waals surface area (Å²) in [6.45, 7) is 4.32. The highest BCUT2D eigenvalue weighted by Crippen LogP contribution is 2.18. The number of aliphatic hydroxyl groups is 1. The molecule has 0 aliphatic heterocycles. The molecule has 0 aliphatic carbocycles. The van der Waals surface area contributed by atoms with Crippen LogP contribution in [0.5, 0.6) is 0 Å². The van der Waals surface area contributed by atoms with Gasteiger partial charge in [-0.1, -0.05) is 31.1 Å². The number of hydrogen-bond donors (Lipinski definition) is 1. The zero-order chi connectivity index (χ0) is 14.1. The van der Waals surface area contributed by atoms with Gasteiger partial charge in [-0.15, -0.1) is 0 Å². The fraction of sp³-hybridized carbons (Fsp3) is 0.357. The third kappa shape index (κ3) is 2.18. The van der Waals surface area contributed by atoms with Crippen molar-refractivity contribution in [3.05, 3.63) is 41.8 Å². The van der Waals surface area contributed by atoms with Crippen LogP contribution in [-0.4, -0.2) is 24.8 Å². The lowest BCUT2D eigenvalue weighted by Crippen LogP contribution is -2.06. The van der Waals surface area contributed by atoms with E-state index < -0.39 is 0 Å². The molecule has 3 aromatic rings. The van der Waals surface area contributed by atoms with Gasteiger partial charge < -0.3 is 14.2 Å². The molecule has 0 atom stereocenters. The molecule has 0 saturated carbocycles. The van der Waals surface area contributed by atoms with Crippen LogP contribution in [0, 0.1) is 0 Å². The molecule has 0 unspecified atom stereocenters. The third-order valence-electron chi connectivity index (χ3n) is 3.15. The summed E-state index contributed by atoms with van der Waals surface area (Å²) < 4.78 is 7.11. The molecule has 20 heavy (non-hydrogen) atoms. The number of rotatable bonds is 4. The molecule has 1 N–H and O–H groups in total. The van der Waals surface area contributed by atoms with E-state index in [-0.39, 0.29) is 12.5 Å². The average Bonchev–Trinajstić information content (AvgIpc) is 3.04. The molecule has 0 radical (unpaired) electrons. The van der Waals surface area contributed by atoms with Crippen LogP contribution in [0.15, 0.2) is 28.8 Å². The monoisotopic (exact) mass is 272 g/mol. The SMILES string of the molecule is CC(C)c1nc(Cn2c(CO)nc3ccccc32)no1. The Morgan fingerprint density at radius 3 is 2.75 bits per heavy atom. The maximum Gasteiger partial charge on any atom is 0.229 e. The Hall–Kier alpha value is -2.21. The summed E-state index contributed by atoms with van der Waals surface area (Å²) in [6.07, 6.45) is 0. The van der Waals surface area contributed by atoms with E-state index >= 15 is 0 Å². The van der Waals surface area contributed by atoms with Crippen molar-refractivity contribution in [2.75, 3.05) is 0 Å². The van der Waals surface area contributed by atoms with Gasteiger partial charge in [-0.05, 0) is 12.1 Å². The van der Waals surface area contributed by atoms with Crippen molar-refractivity contribution in [3.63, 3.8) is 0 Å². The van der Waals surface area contributed by atoms with Crippen molar-refractivity contribution < 1.29 is 9.63 Å². The summed E-state index contributed by atoms with van der Waals surface area (Å²) in [6, 6.07) is 7.75. The van der Waals surface area contributed by atoms with Gasteiger partial charge in [-0.2, -0.15) is 4.98 Å². The Bertz CT molecular complexity index is 730. The first-order chi connectivity index (χ1) is 9.69. The van der Waals surface area contributed by atoms with E-state index in [0.29, 0.717) is 24.1 Å². The quantitative estimate of drug-likeness (QED) is 0.786. The van der Waals surface area contributed by atoms with Gasteiger partial charge in [0.1, 0.15) is 12.4 Å². The van der Waals surface area contributed by atoms with Crippen LogP contribution < -0.4 is 0 Å². The summed E-state index contributed by atoms with van der Waals surface area (Å²) in [5, 5.41) is 13.4. The van der Waals surface area contributed by atoms with Gasteiger partial charge in [0.2, 0.25) is 5.89 Å². The van der Waals surface area contributed by atoms with Crippen LogP contribution in [0.1, 0.15) is 37.3 Å². The maximum absolute atomic E-state index is 9.44. The lowest BCUT2D eigenvalue weighted by Gasteiger charge is -2.04. The van der Waals surface area contributed by atoms with E-state index in [9.17, 15) is 5.11 Å². The van der Waals surface area contributed by atoms with Gasteiger partial charge in [0.15, 0.2) is 5.82 Å². The summed E-state index contributed by atoms with van der Waals surface area (Å²) in [5.74, 6) is 2.01. The zero-order valence-electron chi connectivity index (χ0n) is 11.4. The van der Waals surface area contributed by atoms with Gasteiger partial charge in [0, 0.05) is 5.92 Å². The van der Waals surface area contributed by atoms with Crippen molar-refractivity contribution >= 4 is 11.0 Å². The molecular weight excluding hydrogens is 256 g/mol. The molecule has 6 nitrogen and oxygen atoms in total.